The molecule has 2 aromatic heterocycles. The number of hydrogen-bond acceptors (Lipinski definition) is 4. The highest BCUT2D eigenvalue weighted by atomic mass is 35.5. The van der Waals surface area contributed by atoms with Crippen molar-refractivity contribution in [2.75, 3.05) is 0 Å². The molecule has 27 heavy (non-hydrogen) atoms. The number of carbonyl (C=O) groups is 1. The normalized spacial score (nSPS) is 10.9. The number of aromatic nitrogens is 2. The van der Waals surface area contributed by atoms with Crippen molar-refractivity contribution in [3.05, 3.63) is 82.1 Å². The minimum atomic E-state index is -0.280. The van der Waals surface area contributed by atoms with Crippen molar-refractivity contribution in [1.82, 2.24) is 15.3 Å². The second-order valence-corrected chi connectivity index (χ2v) is 6.71. The Hall–Kier alpha value is -2.89. The highest BCUT2D eigenvalue weighted by Gasteiger charge is 2.11. The lowest BCUT2D eigenvalue weighted by Crippen LogP contribution is -2.23. The maximum absolute atomic E-state index is 12.3. The number of pyridine rings is 1. The van der Waals surface area contributed by atoms with Crippen LogP contribution in [-0.2, 0) is 6.54 Å². The van der Waals surface area contributed by atoms with Gasteiger partial charge in [0.15, 0.2) is 5.58 Å². The fraction of sp³-hybridized carbons (Fsp3) is 0.0500. The summed E-state index contributed by atoms with van der Waals surface area (Å²) in [5, 5.41) is 3.65. The number of rotatable bonds is 4. The van der Waals surface area contributed by atoms with Gasteiger partial charge in [0, 0.05) is 29.4 Å². The first-order valence-corrected chi connectivity index (χ1v) is 8.89. The Morgan fingerprint density at radius 2 is 1.89 bits per heavy atom. The molecule has 0 aliphatic rings. The number of nitrogens with zero attached hydrogens (tertiary/aromatic N) is 2. The van der Waals surface area contributed by atoms with Crippen LogP contribution >= 0.6 is 23.2 Å². The topological polar surface area (TPSA) is 68.0 Å². The van der Waals surface area contributed by atoms with Crippen molar-refractivity contribution < 1.29 is 9.21 Å². The molecule has 7 heteroatoms. The van der Waals surface area contributed by atoms with Crippen LogP contribution in [0.4, 0.5) is 0 Å². The fourth-order valence-electron chi connectivity index (χ4n) is 2.62. The number of halogens is 2. The minimum Gasteiger partial charge on any atom is -0.436 e. The average Bonchev–Trinajstić information content (AvgIpc) is 3.12. The van der Waals surface area contributed by atoms with Crippen LogP contribution in [0.2, 0.25) is 10.0 Å². The second-order valence-electron chi connectivity index (χ2n) is 5.87. The van der Waals surface area contributed by atoms with E-state index < -0.39 is 0 Å². The Balaban J connectivity index is 1.46. The Morgan fingerprint density at radius 1 is 1.07 bits per heavy atom. The predicted octanol–water partition coefficient (Wildman–Crippen LogP) is 5.13. The van der Waals surface area contributed by atoms with Crippen LogP contribution in [0.3, 0.4) is 0 Å². The number of fused-ring (bicyclic) bond motifs is 1. The van der Waals surface area contributed by atoms with Crippen LogP contribution in [0.25, 0.3) is 22.6 Å². The number of oxazole rings is 1. The molecule has 2 heterocycles. The van der Waals surface area contributed by atoms with Gasteiger partial charge in [-0.3, -0.25) is 9.78 Å². The van der Waals surface area contributed by atoms with Crippen LogP contribution in [0, 0.1) is 0 Å². The Morgan fingerprint density at radius 3 is 2.67 bits per heavy atom. The zero-order valence-electron chi connectivity index (χ0n) is 13.9. The van der Waals surface area contributed by atoms with E-state index in [4.69, 9.17) is 27.6 Å². The molecule has 0 bridgehead atoms. The van der Waals surface area contributed by atoms with Gasteiger partial charge >= 0.3 is 0 Å². The van der Waals surface area contributed by atoms with E-state index in [9.17, 15) is 4.79 Å². The first kappa shape index (κ1) is 17.5. The van der Waals surface area contributed by atoms with Crippen LogP contribution in [0.1, 0.15) is 15.9 Å². The smallest absolute Gasteiger partial charge is 0.253 e. The molecule has 5 nitrogen and oxygen atoms in total. The molecule has 0 aliphatic carbocycles. The van der Waals surface area contributed by atoms with E-state index in [1.54, 1.807) is 36.7 Å². The third-order valence-electron chi connectivity index (χ3n) is 4.02. The molecule has 2 aromatic carbocycles. The molecule has 0 radical (unpaired) electrons. The molecule has 4 aromatic rings. The maximum Gasteiger partial charge on any atom is 0.253 e. The van der Waals surface area contributed by atoms with E-state index in [-0.39, 0.29) is 5.91 Å². The lowest BCUT2D eigenvalue weighted by atomic mass is 10.1. The number of nitrogens with one attached hydrogen (secondary N) is 1. The summed E-state index contributed by atoms with van der Waals surface area (Å²) in [6.45, 7) is 0.361. The lowest BCUT2D eigenvalue weighted by Gasteiger charge is -2.08. The van der Waals surface area contributed by atoms with E-state index in [1.807, 2.05) is 24.3 Å². The second kappa shape index (κ2) is 7.39. The first-order valence-electron chi connectivity index (χ1n) is 8.13. The standard InChI is InChI=1S/C20H13Cl2N3O2/c21-14-5-6-16(22)15(9-14)19(26)24-10-12-1-3-13(4-2-12)20-25-17-11-23-8-7-18(17)27-20/h1-9,11H,10H2,(H,24,26). The third-order valence-corrected chi connectivity index (χ3v) is 4.58. The zero-order chi connectivity index (χ0) is 18.8. The van der Waals surface area contributed by atoms with Crippen LogP contribution in [0.15, 0.2) is 65.3 Å². The molecule has 134 valence electrons. The van der Waals surface area contributed by atoms with E-state index >= 15 is 0 Å². The molecule has 1 N–H and O–H groups in total. The van der Waals surface area contributed by atoms with Gasteiger partial charge in [-0.2, -0.15) is 0 Å². The molecule has 4 rings (SSSR count). The molecule has 0 atom stereocenters. The molecular formula is C20H13Cl2N3O2. The SMILES string of the molecule is O=C(NCc1ccc(-c2nc3cnccc3o2)cc1)c1cc(Cl)ccc1Cl. The molecule has 0 unspecified atom stereocenters. The summed E-state index contributed by atoms with van der Waals surface area (Å²) in [7, 11) is 0. The summed E-state index contributed by atoms with van der Waals surface area (Å²) in [4.78, 5) is 20.7. The minimum absolute atomic E-state index is 0.280. The van der Waals surface area contributed by atoms with Crippen molar-refractivity contribution in [3.63, 3.8) is 0 Å². The third kappa shape index (κ3) is 3.79. The summed E-state index contributed by atoms with van der Waals surface area (Å²) in [6, 6.07) is 14.2. The van der Waals surface area contributed by atoms with Crippen LogP contribution < -0.4 is 5.32 Å². The highest BCUT2D eigenvalue weighted by Crippen LogP contribution is 2.24. The van der Waals surface area contributed by atoms with Crippen molar-refractivity contribution in [3.8, 4) is 11.5 Å². The molecule has 0 spiro atoms. The summed E-state index contributed by atoms with van der Waals surface area (Å²) in [6.07, 6.45) is 3.32. The van der Waals surface area contributed by atoms with Crippen molar-refractivity contribution in [1.29, 1.82) is 0 Å². The van der Waals surface area contributed by atoms with E-state index in [1.165, 1.54) is 0 Å². The van der Waals surface area contributed by atoms with E-state index in [2.05, 4.69) is 15.3 Å². The molecular weight excluding hydrogens is 385 g/mol. The molecule has 1 amide bonds. The summed E-state index contributed by atoms with van der Waals surface area (Å²) < 4.78 is 5.73. The zero-order valence-corrected chi connectivity index (χ0v) is 15.5. The quantitative estimate of drug-likeness (QED) is 0.518. The summed E-state index contributed by atoms with van der Waals surface area (Å²) in [5.74, 6) is 0.248. The summed E-state index contributed by atoms with van der Waals surface area (Å²) >= 11 is 12.0. The van der Waals surface area contributed by atoms with E-state index in [0.29, 0.717) is 39.1 Å². The van der Waals surface area contributed by atoms with Gasteiger partial charge in [-0.25, -0.2) is 4.98 Å². The first-order chi connectivity index (χ1) is 13.1. The largest absolute Gasteiger partial charge is 0.436 e. The number of amides is 1. The van der Waals surface area contributed by atoms with Gasteiger partial charge in [-0.15, -0.1) is 0 Å². The number of benzene rings is 2. The van der Waals surface area contributed by atoms with Gasteiger partial charge in [0.05, 0.1) is 16.8 Å². The average molecular weight is 398 g/mol. The molecule has 0 saturated heterocycles. The molecule has 0 aliphatic heterocycles. The van der Waals surface area contributed by atoms with Gasteiger partial charge in [0.1, 0.15) is 5.52 Å². The van der Waals surface area contributed by atoms with Crippen molar-refractivity contribution in [2.24, 2.45) is 0 Å². The van der Waals surface area contributed by atoms with Crippen molar-refractivity contribution >= 4 is 40.2 Å². The monoisotopic (exact) mass is 397 g/mol. The number of hydrogen-bond donors (Lipinski definition) is 1. The Labute approximate surface area is 165 Å². The Bertz CT molecular complexity index is 1090. The highest BCUT2D eigenvalue weighted by molar-refractivity contribution is 6.35. The van der Waals surface area contributed by atoms with E-state index in [0.717, 1.165) is 11.1 Å². The van der Waals surface area contributed by atoms with Crippen molar-refractivity contribution in [2.45, 2.75) is 6.54 Å². The Kier molecular flexibility index (Phi) is 4.79. The van der Waals surface area contributed by atoms with Crippen LogP contribution in [0.5, 0.6) is 0 Å². The van der Waals surface area contributed by atoms with Gasteiger partial charge in [-0.1, -0.05) is 35.3 Å². The molecule has 0 fully saturated rings. The fourth-order valence-corrected chi connectivity index (χ4v) is 2.99. The van der Waals surface area contributed by atoms with Gasteiger partial charge < -0.3 is 9.73 Å². The predicted molar refractivity (Wildman–Crippen MR) is 105 cm³/mol. The summed E-state index contributed by atoms with van der Waals surface area (Å²) in [5.41, 5.74) is 3.53. The lowest BCUT2D eigenvalue weighted by molar-refractivity contribution is 0.0951. The molecule has 0 saturated carbocycles. The number of carbonyl (C=O) groups excluding carboxylic acids is 1. The van der Waals surface area contributed by atoms with Gasteiger partial charge in [-0.05, 0) is 35.9 Å². The maximum atomic E-state index is 12.3. The van der Waals surface area contributed by atoms with Gasteiger partial charge in [0.25, 0.3) is 5.91 Å². The van der Waals surface area contributed by atoms with Gasteiger partial charge in [0.2, 0.25) is 5.89 Å². The van der Waals surface area contributed by atoms with Crippen LogP contribution in [-0.4, -0.2) is 15.9 Å².